The van der Waals surface area contributed by atoms with E-state index in [1.165, 1.54) is 0 Å². The van der Waals surface area contributed by atoms with E-state index >= 15 is 0 Å². The van der Waals surface area contributed by atoms with E-state index in [4.69, 9.17) is 4.98 Å². The second kappa shape index (κ2) is 7.05. The summed E-state index contributed by atoms with van der Waals surface area (Å²) in [4.78, 5) is 4.92. The van der Waals surface area contributed by atoms with Crippen molar-refractivity contribution < 1.29 is 0 Å². The lowest BCUT2D eigenvalue weighted by Crippen LogP contribution is -1.97. The maximum atomic E-state index is 4.92. The van der Waals surface area contributed by atoms with Crippen molar-refractivity contribution >= 4 is 22.4 Å². The molecular formula is C25H19N3. The van der Waals surface area contributed by atoms with Crippen molar-refractivity contribution in [3.63, 3.8) is 0 Å². The van der Waals surface area contributed by atoms with Crippen LogP contribution in [0.1, 0.15) is 0 Å². The SMILES string of the molecule is c1ccc(Nc2ccc(-c3nc4ccccc4n3-c3ccccc3)cc2)cc1. The van der Waals surface area contributed by atoms with Crippen LogP contribution in [0.2, 0.25) is 0 Å². The molecule has 5 rings (SSSR count). The third kappa shape index (κ3) is 3.03. The van der Waals surface area contributed by atoms with Gasteiger partial charge in [0.05, 0.1) is 11.0 Å². The van der Waals surface area contributed by atoms with Gasteiger partial charge in [0.2, 0.25) is 0 Å². The lowest BCUT2D eigenvalue weighted by molar-refractivity contribution is 1.10. The standard InChI is InChI=1S/C25H19N3/c1-3-9-20(10-4-1)26-21-17-15-19(16-18-21)25-27-23-13-7-8-14-24(23)28(25)22-11-5-2-6-12-22/h1-18,26H. The number of imidazole rings is 1. The maximum absolute atomic E-state index is 4.92. The average Bonchev–Trinajstić information content (AvgIpc) is 3.15. The molecule has 0 aliphatic rings. The van der Waals surface area contributed by atoms with Crippen LogP contribution in [0.4, 0.5) is 11.4 Å². The van der Waals surface area contributed by atoms with E-state index in [0.29, 0.717) is 0 Å². The van der Waals surface area contributed by atoms with Crippen LogP contribution in [0.25, 0.3) is 28.1 Å². The average molecular weight is 361 g/mol. The molecule has 3 heteroatoms. The number of benzene rings is 4. The molecular weight excluding hydrogens is 342 g/mol. The molecule has 0 amide bonds. The Hall–Kier alpha value is -3.85. The Morgan fingerprint density at radius 2 is 1.18 bits per heavy atom. The van der Waals surface area contributed by atoms with Gasteiger partial charge in [-0.2, -0.15) is 0 Å². The van der Waals surface area contributed by atoms with E-state index in [0.717, 1.165) is 39.5 Å². The van der Waals surface area contributed by atoms with Gasteiger partial charge in [0, 0.05) is 22.6 Å². The minimum absolute atomic E-state index is 0.943. The molecule has 4 aromatic carbocycles. The third-order valence-corrected chi connectivity index (χ3v) is 4.78. The number of nitrogens with zero attached hydrogens (tertiary/aromatic N) is 2. The van der Waals surface area contributed by atoms with Crippen molar-refractivity contribution in [1.29, 1.82) is 0 Å². The Kier molecular flexibility index (Phi) is 4.11. The quantitative estimate of drug-likeness (QED) is 0.399. The molecule has 3 nitrogen and oxygen atoms in total. The molecule has 0 radical (unpaired) electrons. The van der Waals surface area contributed by atoms with Gasteiger partial charge in [-0.25, -0.2) is 4.98 Å². The Balaban J connectivity index is 1.58. The highest BCUT2D eigenvalue weighted by Gasteiger charge is 2.13. The zero-order valence-corrected chi connectivity index (χ0v) is 15.3. The molecule has 0 fully saturated rings. The summed E-state index contributed by atoms with van der Waals surface area (Å²) in [6.07, 6.45) is 0. The molecule has 0 saturated heterocycles. The first-order valence-electron chi connectivity index (χ1n) is 9.34. The molecule has 1 aromatic heterocycles. The Morgan fingerprint density at radius 3 is 1.93 bits per heavy atom. The van der Waals surface area contributed by atoms with Crippen LogP contribution in [0.5, 0.6) is 0 Å². The predicted molar refractivity (Wildman–Crippen MR) is 116 cm³/mol. The summed E-state index contributed by atoms with van der Waals surface area (Å²) in [6.45, 7) is 0. The van der Waals surface area contributed by atoms with Gasteiger partial charge in [-0.1, -0.05) is 48.5 Å². The van der Waals surface area contributed by atoms with Crippen molar-refractivity contribution in [1.82, 2.24) is 9.55 Å². The van der Waals surface area contributed by atoms with E-state index in [1.807, 2.05) is 30.3 Å². The number of rotatable bonds is 4. The van der Waals surface area contributed by atoms with E-state index in [9.17, 15) is 0 Å². The number of hydrogen-bond acceptors (Lipinski definition) is 2. The number of hydrogen-bond donors (Lipinski definition) is 1. The first kappa shape index (κ1) is 16.3. The first-order chi connectivity index (χ1) is 13.9. The number of anilines is 2. The number of fused-ring (bicyclic) bond motifs is 1. The molecule has 1 N–H and O–H groups in total. The summed E-state index contributed by atoms with van der Waals surface area (Å²) in [7, 11) is 0. The van der Waals surface area contributed by atoms with Crippen LogP contribution in [0, 0.1) is 0 Å². The number of para-hydroxylation sites is 4. The van der Waals surface area contributed by atoms with E-state index < -0.39 is 0 Å². The Labute approximate surface area is 163 Å². The van der Waals surface area contributed by atoms with Gasteiger partial charge >= 0.3 is 0 Å². The van der Waals surface area contributed by atoms with Crippen molar-refractivity contribution in [2.45, 2.75) is 0 Å². The third-order valence-electron chi connectivity index (χ3n) is 4.78. The van der Waals surface area contributed by atoms with Crippen molar-refractivity contribution in [2.75, 3.05) is 5.32 Å². The van der Waals surface area contributed by atoms with E-state index in [1.54, 1.807) is 0 Å². The minimum Gasteiger partial charge on any atom is -0.356 e. The Morgan fingerprint density at radius 1 is 0.571 bits per heavy atom. The smallest absolute Gasteiger partial charge is 0.145 e. The van der Waals surface area contributed by atoms with Gasteiger partial charge in [-0.05, 0) is 60.7 Å². The zero-order valence-electron chi connectivity index (χ0n) is 15.3. The Bertz CT molecular complexity index is 1210. The van der Waals surface area contributed by atoms with Crippen molar-refractivity contribution in [2.24, 2.45) is 0 Å². The van der Waals surface area contributed by atoms with Crippen molar-refractivity contribution in [3.8, 4) is 17.1 Å². The molecule has 0 saturated carbocycles. The summed E-state index contributed by atoms with van der Waals surface area (Å²) in [5, 5.41) is 3.43. The zero-order chi connectivity index (χ0) is 18.8. The fraction of sp³-hybridized carbons (Fsp3) is 0. The van der Waals surface area contributed by atoms with Crippen LogP contribution in [0.15, 0.2) is 109 Å². The fourth-order valence-corrected chi connectivity index (χ4v) is 3.45. The molecule has 0 unspecified atom stereocenters. The number of aromatic nitrogens is 2. The lowest BCUT2D eigenvalue weighted by Gasteiger charge is -2.11. The van der Waals surface area contributed by atoms with Crippen LogP contribution >= 0.6 is 0 Å². The summed E-state index contributed by atoms with van der Waals surface area (Å²) < 4.78 is 2.22. The molecule has 0 atom stereocenters. The van der Waals surface area contributed by atoms with Crippen LogP contribution in [-0.4, -0.2) is 9.55 Å². The van der Waals surface area contributed by atoms with Crippen molar-refractivity contribution in [3.05, 3.63) is 109 Å². The van der Waals surface area contributed by atoms with Gasteiger partial charge in [-0.15, -0.1) is 0 Å². The fourth-order valence-electron chi connectivity index (χ4n) is 3.45. The molecule has 0 aliphatic heterocycles. The molecule has 28 heavy (non-hydrogen) atoms. The molecule has 134 valence electrons. The molecule has 1 heterocycles. The summed E-state index contributed by atoms with van der Waals surface area (Å²) in [5.41, 5.74) is 6.42. The highest BCUT2D eigenvalue weighted by Crippen LogP contribution is 2.29. The van der Waals surface area contributed by atoms with Crippen LogP contribution in [0.3, 0.4) is 0 Å². The first-order valence-corrected chi connectivity index (χ1v) is 9.34. The molecule has 0 aliphatic carbocycles. The largest absolute Gasteiger partial charge is 0.356 e. The van der Waals surface area contributed by atoms with E-state index in [2.05, 4.69) is 88.7 Å². The van der Waals surface area contributed by atoms with Gasteiger partial charge in [-0.3, -0.25) is 4.57 Å². The second-order valence-corrected chi connectivity index (χ2v) is 6.66. The summed E-state index contributed by atoms with van der Waals surface area (Å²) in [6, 6.07) is 37.2. The topological polar surface area (TPSA) is 29.9 Å². The highest BCUT2D eigenvalue weighted by molar-refractivity contribution is 5.83. The summed E-state index contributed by atoms with van der Waals surface area (Å²) in [5.74, 6) is 0.943. The molecule has 5 aromatic rings. The van der Waals surface area contributed by atoms with Crippen LogP contribution in [-0.2, 0) is 0 Å². The van der Waals surface area contributed by atoms with Gasteiger partial charge in [0.1, 0.15) is 5.82 Å². The van der Waals surface area contributed by atoms with Gasteiger partial charge in [0.25, 0.3) is 0 Å². The van der Waals surface area contributed by atoms with Gasteiger partial charge in [0.15, 0.2) is 0 Å². The lowest BCUT2D eigenvalue weighted by atomic mass is 10.1. The predicted octanol–water partition coefficient (Wildman–Crippen LogP) is 6.44. The monoisotopic (exact) mass is 361 g/mol. The highest BCUT2D eigenvalue weighted by atomic mass is 15.1. The van der Waals surface area contributed by atoms with Gasteiger partial charge < -0.3 is 5.32 Å². The molecule has 0 bridgehead atoms. The van der Waals surface area contributed by atoms with Crippen LogP contribution < -0.4 is 5.32 Å². The second-order valence-electron chi connectivity index (χ2n) is 6.66. The molecule has 0 spiro atoms. The normalized spacial score (nSPS) is 10.9. The summed E-state index contributed by atoms with van der Waals surface area (Å²) >= 11 is 0. The maximum Gasteiger partial charge on any atom is 0.145 e. The minimum atomic E-state index is 0.943. The van der Waals surface area contributed by atoms with E-state index in [-0.39, 0.29) is 0 Å². The number of nitrogens with one attached hydrogen (secondary N) is 1.